The summed E-state index contributed by atoms with van der Waals surface area (Å²) in [5, 5.41) is 13.3. The Morgan fingerprint density at radius 2 is 1.72 bits per heavy atom. The van der Waals surface area contributed by atoms with Gasteiger partial charge in [0.15, 0.2) is 0 Å². The molecule has 3 amide bonds. The summed E-state index contributed by atoms with van der Waals surface area (Å²) in [5.74, 6) is 2.26. The molecule has 2 aromatic rings. The summed E-state index contributed by atoms with van der Waals surface area (Å²) in [6, 6.07) is 7.50. The Morgan fingerprint density at radius 1 is 1.09 bits per heavy atom. The van der Waals surface area contributed by atoms with Crippen LogP contribution in [0.2, 0.25) is 0 Å². The summed E-state index contributed by atoms with van der Waals surface area (Å²) in [5.41, 5.74) is 1.35. The lowest BCUT2D eigenvalue weighted by Crippen LogP contribution is -2.61. The van der Waals surface area contributed by atoms with Gasteiger partial charge in [0.1, 0.15) is 11.6 Å². The molecule has 0 saturated heterocycles. The van der Waals surface area contributed by atoms with E-state index in [1.54, 1.807) is 22.9 Å². The van der Waals surface area contributed by atoms with E-state index in [1.165, 1.54) is 31.4 Å². The molecule has 8 heteroatoms. The number of halogens is 1. The number of anilines is 1. The molecule has 0 radical (unpaired) electrons. The highest BCUT2D eigenvalue weighted by Gasteiger charge is 2.51. The fourth-order valence-electron chi connectivity index (χ4n) is 6.41. The van der Waals surface area contributed by atoms with Gasteiger partial charge in [0.05, 0.1) is 11.4 Å². The molecule has 4 aliphatic rings. The van der Waals surface area contributed by atoms with Gasteiger partial charge in [0.25, 0.3) is 0 Å². The van der Waals surface area contributed by atoms with E-state index in [9.17, 15) is 14.0 Å². The van der Waals surface area contributed by atoms with Crippen molar-refractivity contribution in [2.45, 2.75) is 57.4 Å². The smallest absolute Gasteiger partial charge is 0.315 e. The molecule has 0 aliphatic heterocycles. The summed E-state index contributed by atoms with van der Waals surface area (Å²) in [6.07, 6.45) is 7.44. The predicted octanol–water partition coefficient (Wildman–Crippen LogP) is 3.92. The molecule has 3 N–H and O–H groups in total. The highest BCUT2D eigenvalue weighted by atomic mass is 19.1. The van der Waals surface area contributed by atoms with E-state index >= 15 is 0 Å². The quantitative estimate of drug-likeness (QED) is 0.638. The lowest BCUT2D eigenvalue weighted by Gasteiger charge is -2.56. The zero-order valence-corrected chi connectivity index (χ0v) is 18.4. The molecule has 4 aliphatic carbocycles. The lowest BCUT2D eigenvalue weighted by molar-refractivity contribution is -0.116. The Kier molecular flexibility index (Phi) is 5.39. The van der Waals surface area contributed by atoms with E-state index in [4.69, 9.17) is 0 Å². The summed E-state index contributed by atoms with van der Waals surface area (Å²) >= 11 is 0. The summed E-state index contributed by atoms with van der Waals surface area (Å²) in [4.78, 5) is 25.0. The zero-order valence-electron chi connectivity index (χ0n) is 18.4. The van der Waals surface area contributed by atoms with Gasteiger partial charge in [0.2, 0.25) is 5.91 Å². The predicted molar refractivity (Wildman–Crippen MR) is 119 cm³/mol. The van der Waals surface area contributed by atoms with Crippen molar-refractivity contribution >= 4 is 17.8 Å². The van der Waals surface area contributed by atoms with Gasteiger partial charge < -0.3 is 16.0 Å². The number of benzene rings is 1. The second-order valence-corrected chi connectivity index (χ2v) is 9.94. The third kappa shape index (κ3) is 4.36. The third-order valence-corrected chi connectivity index (χ3v) is 7.22. The minimum atomic E-state index is -0.332. The molecule has 0 atom stereocenters. The molecule has 32 heavy (non-hydrogen) atoms. The lowest BCUT2D eigenvalue weighted by atomic mass is 9.53. The minimum Gasteiger partial charge on any atom is -0.338 e. The van der Waals surface area contributed by atoms with Crippen LogP contribution in [0.15, 0.2) is 30.3 Å². The molecular formula is C24H30FN5O2. The molecule has 1 heterocycles. The van der Waals surface area contributed by atoms with E-state index < -0.39 is 0 Å². The average Bonchev–Trinajstić information content (AvgIpc) is 3.07. The number of aryl methyl sites for hydroxylation is 1. The normalized spacial score (nSPS) is 27.9. The topological polar surface area (TPSA) is 88.0 Å². The molecule has 0 unspecified atom stereocenters. The van der Waals surface area contributed by atoms with Crippen LogP contribution in [-0.2, 0) is 4.79 Å². The summed E-state index contributed by atoms with van der Waals surface area (Å²) in [7, 11) is 0. The SMILES string of the molecule is Cc1cc(NC(=O)CCNC(=O)NC23CC4CC(CC(C4)C2)C3)n(-c2ccc(F)cc2)n1. The van der Waals surface area contributed by atoms with Crippen molar-refractivity contribution in [3.05, 3.63) is 41.8 Å². The van der Waals surface area contributed by atoms with Crippen LogP contribution < -0.4 is 16.0 Å². The minimum absolute atomic E-state index is 0.0414. The van der Waals surface area contributed by atoms with Crippen molar-refractivity contribution in [2.75, 3.05) is 11.9 Å². The van der Waals surface area contributed by atoms with Gasteiger partial charge in [-0.2, -0.15) is 5.10 Å². The first-order valence-corrected chi connectivity index (χ1v) is 11.6. The molecule has 7 nitrogen and oxygen atoms in total. The van der Waals surface area contributed by atoms with Gasteiger partial charge in [-0.05, 0) is 87.5 Å². The molecule has 1 aromatic heterocycles. The van der Waals surface area contributed by atoms with Gasteiger partial charge in [-0.3, -0.25) is 4.79 Å². The van der Waals surface area contributed by atoms with E-state index in [1.807, 2.05) is 6.92 Å². The van der Waals surface area contributed by atoms with Crippen LogP contribution in [0.3, 0.4) is 0 Å². The molecule has 6 rings (SSSR count). The monoisotopic (exact) mass is 439 g/mol. The number of carbonyl (C=O) groups is 2. The maximum Gasteiger partial charge on any atom is 0.315 e. The first kappa shape index (κ1) is 21.0. The van der Waals surface area contributed by atoms with Crippen molar-refractivity contribution in [1.29, 1.82) is 0 Å². The fraction of sp³-hybridized carbons (Fsp3) is 0.542. The first-order valence-electron chi connectivity index (χ1n) is 11.6. The Morgan fingerprint density at radius 3 is 2.34 bits per heavy atom. The van der Waals surface area contributed by atoms with Gasteiger partial charge in [-0.25, -0.2) is 13.9 Å². The van der Waals surface area contributed by atoms with E-state index in [2.05, 4.69) is 21.0 Å². The number of nitrogens with one attached hydrogen (secondary N) is 3. The van der Waals surface area contributed by atoms with Crippen molar-refractivity contribution in [2.24, 2.45) is 17.8 Å². The molecule has 0 spiro atoms. The van der Waals surface area contributed by atoms with Crippen LogP contribution in [0.4, 0.5) is 15.0 Å². The standard InChI is InChI=1S/C24H30FN5O2/c1-15-8-21(30(29-15)20-4-2-19(25)3-5-20)27-22(31)6-7-26-23(32)28-24-12-16-9-17(13-24)11-18(10-16)14-24/h2-5,8,16-18H,6-7,9-14H2,1H3,(H,27,31)(H2,26,28,32). The molecular weight excluding hydrogens is 409 g/mol. The van der Waals surface area contributed by atoms with Crippen LogP contribution >= 0.6 is 0 Å². The molecule has 4 fully saturated rings. The Bertz CT molecular complexity index is 981. The van der Waals surface area contributed by atoms with Crippen LogP contribution in [-0.4, -0.2) is 33.8 Å². The van der Waals surface area contributed by atoms with E-state index in [0.717, 1.165) is 42.7 Å². The van der Waals surface area contributed by atoms with Crippen LogP contribution in [0.25, 0.3) is 5.69 Å². The van der Waals surface area contributed by atoms with Gasteiger partial charge in [-0.1, -0.05) is 0 Å². The van der Waals surface area contributed by atoms with Gasteiger partial charge >= 0.3 is 6.03 Å². The number of urea groups is 1. The largest absolute Gasteiger partial charge is 0.338 e. The van der Waals surface area contributed by atoms with Gasteiger partial charge in [0, 0.05) is 24.6 Å². The van der Waals surface area contributed by atoms with Gasteiger partial charge in [-0.15, -0.1) is 0 Å². The Labute approximate surface area is 187 Å². The van der Waals surface area contributed by atoms with Crippen molar-refractivity contribution in [1.82, 2.24) is 20.4 Å². The molecule has 1 aromatic carbocycles. The van der Waals surface area contributed by atoms with Crippen LogP contribution in [0.5, 0.6) is 0 Å². The number of hydrogen-bond donors (Lipinski definition) is 3. The van der Waals surface area contributed by atoms with Crippen molar-refractivity contribution < 1.29 is 14.0 Å². The highest BCUT2D eigenvalue weighted by Crippen LogP contribution is 2.55. The Hall–Kier alpha value is -2.90. The number of amides is 3. The summed E-state index contributed by atoms with van der Waals surface area (Å²) < 4.78 is 14.8. The second kappa shape index (κ2) is 8.22. The summed E-state index contributed by atoms with van der Waals surface area (Å²) in [6.45, 7) is 2.08. The molecule has 4 saturated carbocycles. The average molecular weight is 440 g/mol. The zero-order chi connectivity index (χ0) is 22.3. The number of carbonyl (C=O) groups excluding carboxylic acids is 2. The Balaban J connectivity index is 1.12. The van der Waals surface area contributed by atoms with Crippen molar-refractivity contribution in [3.63, 3.8) is 0 Å². The van der Waals surface area contributed by atoms with Crippen molar-refractivity contribution in [3.8, 4) is 5.69 Å². The maximum atomic E-state index is 13.2. The second-order valence-electron chi connectivity index (χ2n) is 9.94. The third-order valence-electron chi connectivity index (χ3n) is 7.22. The first-order chi connectivity index (χ1) is 15.4. The fourth-order valence-corrected chi connectivity index (χ4v) is 6.41. The van der Waals surface area contributed by atoms with E-state index in [0.29, 0.717) is 11.5 Å². The number of hydrogen-bond acceptors (Lipinski definition) is 3. The maximum absolute atomic E-state index is 13.2. The number of nitrogens with zero attached hydrogens (tertiary/aromatic N) is 2. The molecule has 4 bridgehead atoms. The highest BCUT2D eigenvalue weighted by molar-refractivity contribution is 5.90. The van der Waals surface area contributed by atoms with Crippen LogP contribution in [0, 0.1) is 30.5 Å². The molecule has 170 valence electrons. The van der Waals surface area contributed by atoms with E-state index in [-0.39, 0.29) is 36.3 Å². The van der Waals surface area contributed by atoms with Crippen LogP contribution in [0.1, 0.15) is 50.6 Å². The number of aromatic nitrogens is 2. The number of rotatable bonds is 6.